The Morgan fingerprint density at radius 3 is 2.84 bits per heavy atom. The van der Waals surface area contributed by atoms with E-state index < -0.39 is 23.9 Å². The quantitative estimate of drug-likeness (QED) is 0.601. The lowest BCUT2D eigenvalue weighted by Crippen LogP contribution is -2.44. The number of alkyl halides is 3. The third-order valence-electron chi connectivity index (χ3n) is 5.72. The summed E-state index contributed by atoms with van der Waals surface area (Å²) in [7, 11) is 0. The summed E-state index contributed by atoms with van der Waals surface area (Å²) in [6.07, 6.45) is 2.62. The first-order valence-electron chi connectivity index (χ1n) is 10.1. The lowest BCUT2D eigenvalue weighted by atomic mass is 10.1. The maximum Gasteiger partial charge on any atom is 0.408 e. The van der Waals surface area contributed by atoms with Gasteiger partial charge in [-0.05, 0) is 37.5 Å². The van der Waals surface area contributed by atoms with Gasteiger partial charge in [-0.2, -0.15) is 13.2 Å². The number of amidine groups is 1. The number of carbonyl (C=O) groups excluding carboxylic acids is 1. The average Bonchev–Trinajstić information content (AvgIpc) is 3.36. The second-order valence-corrected chi connectivity index (χ2v) is 7.80. The molecule has 32 heavy (non-hydrogen) atoms. The number of aliphatic hydroxyl groups is 1. The normalized spacial score (nSPS) is 24.0. The van der Waals surface area contributed by atoms with E-state index in [1.165, 1.54) is 11.1 Å². The van der Waals surface area contributed by atoms with Gasteiger partial charge in [-0.15, -0.1) is 0 Å². The minimum atomic E-state index is -4.57. The van der Waals surface area contributed by atoms with Gasteiger partial charge in [0.05, 0.1) is 30.5 Å². The van der Waals surface area contributed by atoms with Crippen LogP contribution in [0.5, 0.6) is 0 Å². The van der Waals surface area contributed by atoms with E-state index in [9.17, 15) is 27.5 Å². The van der Waals surface area contributed by atoms with Crippen molar-refractivity contribution in [3.05, 3.63) is 53.5 Å². The number of aliphatic hydroxyl groups excluding tert-OH is 1. The molecule has 0 bridgehead atoms. The molecule has 3 aliphatic heterocycles. The molecular weight excluding hydrogens is 432 g/mol. The fourth-order valence-corrected chi connectivity index (χ4v) is 4.03. The number of fused-ring (bicyclic) bond motifs is 1. The minimum Gasteiger partial charge on any atom is -0.394 e. The number of hydrazine groups is 1. The van der Waals surface area contributed by atoms with Gasteiger partial charge in [0.2, 0.25) is 0 Å². The van der Waals surface area contributed by atoms with Crippen molar-refractivity contribution in [2.75, 3.05) is 13.2 Å². The third kappa shape index (κ3) is 4.19. The number of pyridine rings is 1. The number of aliphatic imine (C=N–C) groups is 1. The molecule has 0 aliphatic carbocycles. The monoisotopic (exact) mass is 454 g/mol. The first-order chi connectivity index (χ1) is 15.2. The fourth-order valence-electron chi connectivity index (χ4n) is 4.03. The van der Waals surface area contributed by atoms with E-state index in [0.717, 1.165) is 13.1 Å². The zero-order valence-electron chi connectivity index (χ0n) is 17.1. The molecule has 3 aliphatic rings. The van der Waals surface area contributed by atoms with Crippen molar-refractivity contribution in [2.24, 2.45) is 4.99 Å². The number of nitrogens with zero attached hydrogens (tertiary/aromatic N) is 4. The fraction of sp³-hybridized carbons (Fsp3) is 0.450. The molecule has 4 rings (SSSR count). The summed E-state index contributed by atoms with van der Waals surface area (Å²) >= 11 is 0. The van der Waals surface area contributed by atoms with Crippen LogP contribution in [0.4, 0.5) is 17.6 Å². The zero-order chi connectivity index (χ0) is 23.0. The molecule has 1 saturated heterocycles. The van der Waals surface area contributed by atoms with E-state index in [1.54, 1.807) is 18.5 Å². The van der Waals surface area contributed by atoms with Crippen LogP contribution in [0.25, 0.3) is 0 Å². The van der Waals surface area contributed by atoms with Crippen molar-refractivity contribution in [2.45, 2.75) is 44.1 Å². The number of hydrogen-bond donors (Lipinski definition) is 3. The molecule has 0 saturated carbocycles. The van der Waals surface area contributed by atoms with Gasteiger partial charge in [0.15, 0.2) is 5.82 Å². The van der Waals surface area contributed by atoms with Crippen molar-refractivity contribution in [3.63, 3.8) is 0 Å². The molecule has 0 aromatic carbocycles. The Bertz CT molecular complexity index is 993. The molecule has 3 atom stereocenters. The highest BCUT2D eigenvalue weighted by Crippen LogP contribution is 2.38. The summed E-state index contributed by atoms with van der Waals surface area (Å²) in [6, 6.07) is -1.24. The molecule has 1 unspecified atom stereocenters. The van der Waals surface area contributed by atoms with Crippen LogP contribution in [0, 0.1) is 5.82 Å². The van der Waals surface area contributed by atoms with Crippen molar-refractivity contribution in [1.29, 1.82) is 0 Å². The van der Waals surface area contributed by atoms with E-state index in [-0.39, 0.29) is 36.6 Å². The van der Waals surface area contributed by atoms with E-state index in [4.69, 9.17) is 0 Å². The topological polar surface area (TPSA) is 93.1 Å². The molecule has 3 N–H and O–H groups in total. The number of rotatable bonds is 4. The maximum atomic E-state index is 13.8. The summed E-state index contributed by atoms with van der Waals surface area (Å²) < 4.78 is 52.3. The van der Waals surface area contributed by atoms with Gasteiger partial charge in [0.1, 0.15) is 17.7 Å². The number of halogens is 4. The van der Waals surface area contributed by atoms with Crippen molar-refractivity contribution < 1.29 is 27.5 Å². The van der Waals surface area contributed by atoms with E-state index in [0.29, 0.717) is 24.2 Å². The summed E-state index contributed by atoms with van der Waals surface area (Å²) in [5.41, 5.74) is 3.57. The van der Waals surface area contributed by atoms with E-state index in [1.807, 2.05) is 10.2 Å². The highest BCUT2D eigenvalue weighted by Gasteiger charge is 2.40. The molecule has 1 aromatic rings. The molecule has 4 heterocycles. The number of carbonyl (C=O) groups is 1. The Labute approximate surface area is 181 Å². The van der Waals surface area contributed by atoms with Gasteiger partial charge >= 0.3 is 6.18 Å². The summed E-state index contributed by atoms with van der Waals surface area (Å²) in [5.74, 6) is -0.763. The molecular formula is C20H22F4N6O2. The number of likely N-dealkylation sites (tertiary alicyclic amines) is 1. The number of nitrogens with one attached hydrogen (secondary N) is 2. The summed E-state index contributed by atoms with van der Waals surface area (Å²) in [6.45, 7) is 0.712. The number of aromatic nitrogens is 1. The van der Waals surface area contributed by atoms with Crippen LogP contribution in [0.15, 0.2) is 47.1 Å². The second-order valence-electron chi connectivity index (χ2n) is 7.80. The zero-order valence-corrected chi connectivity index (χ0v) is 17.1. The lowest BCUT2D eigenvalue weighted by Gasteiger charge is -2.33. The molecule has 1 aromatic heterocycles. The predicted octanol–water partition coefficient (Wildman–Crippen LogP) is 1.74. The second kappa shape index (κ2) is 8.51. The van der Waals surface area contributed by atoms with Gasteiger partial charge < -0.3 is 15.3 Å². The first-order valence-corrected chi connectivity index (χ1v) is 10.1. The lowest BCUT2D eigenvalue weighted by molar-refractivity contribution is -0.156. The molecule has 0 spiro atoms. The van der Waals surface area contributed by atoms with Gasteiger partial charge in [-0.25, -0.2) is 14.8 Å². The Hall–Kier alpha value is -2.99. The maximum absolute atomic E-state index is 13.8. The summed E-state index contributed by atoms with van der Waals surface area (Å²) in [4.78, 5) is 22.8. The molecule has 0 radical (unpaired) electrons. The van der Waals surface area contributed by atoms with Gasteiger partial charge in [-0.3, -0.25) is 14.8 Å². The van der Waals surface area contributed by atoms with E-state index >= 15 is 0 Å². The van der Waals surface area contributed by atoms with Crippen LogP contribution >= 0.6 is 0 Å². The average molecular weight is 454 g/mol. The van der Waals surface area contributed by atoms with Crippen molar-refractivity contribution in [3.8, 4) is 0 Å². The minimum absolute atomic E-state index is 0.00748. The van der Waals surface area contributed by atoms with Gasteiger partial charge in [0, 0.05) is 18.9 Å². The van der Waals surface area contributed by atoms with Gasteiger partial charge in [0.25, 0.3) is 5.91 Å². The third-order valence-corrected chi connectivity index (χ3v) is 5.72. The van der Waals surface area contributed by atoms with Crippen molar-refractivity contribution in [1.82, 2.24) is 25.6 Å². The summed E-state index contributed by atoms with van der Waals surface area (Å²) in [5, 5.41) is 13.3. The van der Waals surface area contributed by atoms with Crippen LogP contribution in [0.2, 0.25) is 0 Å². The standard InChI is InChI=1S/C20H22F4N6O2/c1-11(20(22,23)24)27-19(32)15-9-26-29-5-4-17(28-18(15)29)30-14(10-31)2-3-16(30)12-6-13(21)8-25-7-12/h4-8,11,14,16,26,31H,2-3,9-10H2,1H3,(H,27,32)/t11-,14-,16?/m0/s1. The van der Waals surface area contributed by atoms with Crippen LogP contribution < -0.4 is 10.7 Å². The van der Waals surface area contributed by atoms with Gasteiger partial charge in [-0.1, -0.05) is 0 Å². The Balaban J connectivity index is 1.65. The predicted molar refractivity (Wildman–Crippen MR) is 106 cm³/mol. The molecule has 172 valence electrons. The Morgan fingerprint density at radius 1 is 1.38 bits per heavy atom. The number of hydrogen-bond acceptors (Lipinski definition) is 7. The largest absolute Gasteiger partial charge is 0.408 e. The smallest absolute Gasteiger partial charge is 0.394 e. The molecule has 12 heteroatoms. The molecule has 8 nitrogen and oxygen atoms in total. The van der Waals surface area contributed by atoms with Crippen LogP contribution in [-0.4, -0.2) is 63.2 Å². The molecule has 1 fully saturated rings. The Kier molecular flexibility index (Phi) is 5.91. The Morgan fingerprint density at radius 2 is 2.16 bits per heavy atom. The van der Waals surface area contributed by atoms with Crippen molar-refractivity contribution >= 4 is 11.7 Å². The SMILES string of the molecule is C[C@H](NC(=O)C1=C2N=C(N3C(c4cncc(F)c4)CC[C@H]3CO)C=CN2NC1)C(F)(F)F. The number of amides is 1. The van der Waals surface area contributed by atoms with Crippen LogP contribution in [-0.2, 0) is 4.79 Å². The van der Waals surface area contributed by atoms with Crippen LogP contribution in [0.1, 0.15) is 31.4 Å². The highest BCUT2D eigenvalue weighted by molar-refractivity contribution is 5.99. The molecule has 1 amide bonds. The first kappa shape index (κ1) is 22.2. The van der Waals surface area contributed by atoms with Crippen LogP contribution in [0.3, 0.4) is 0 Å². The van der Waals surface area contributed by atoms with E-state index in [2.05, 4.69) is 15.4 Å². The highest BCUT2D eigenvalue weighted by atomic mass is 19.4.